The molecule has 1 N–H and O–H groups in total. The lowest BCUT2D eigenvalue weighted by atomic mass is 10.1. The van der Waals surface area contributed by atoms with E-state index in [-0.39, 0.29) is 12.6 Å². The Bertz CT molecular complexity index is 1210. The molecule has 0 fully saturated rings. The zero-order valence-electron chi connectivity index (χ0n) is 17.2. The molecule has 4 rings (SSSR count). The van der Waals surface area contributed by atoms with Crippen LogP contribution in [0.25, 0.3) is 0 Å². The number of rotatable bonds is 7. The van der Waals surface area contributed by atoms with E-state index < -0.39 is 0 Å². The largest absolute Gasteiger partial charge is 0.471 e. The number of nitrogens with zero attached hydrogens (tertiary/aromatic N) is 4. The minimum Gasteiger partial charge on any atom is -0.471 e. The molecule has 8 heteroatoms. The Kier molecular flexibility index (Phi) is 6.04. The Hall–Kier alpha value is -3.58. The van der Waals surface area contributed by atoms with Gasteiger partial charge in [0.15, 0.2) is 12.4 Å². The molecule has 0 atom stereocenters. The van der Waals surface area contributed by atoms with Gasteiger partial charge in [-0.3, -0.25) is 9.48 Å². The molecule has 4 aromatic rings. The van der Waals surface area contributed by atoms with Crippen LogP contribution in [0.5, 0.6) is 5.75 Å². The first kappa shape index (κ1) is 20.7. The topological polar surface area (TPSA) is 74.0 Å². The molecule has 1 amide bonds. The van der Waals surface area contributed by atoms with Gasteiger partial charge in [0.2, 0.25) is 0 Å². The molecule has 0 radical (unpaired) electrons. The predicted molar refractivity (Wildman–Crippen MR) is 120 cm³/mol. The Morgan fingerprint density at radius 1 is 1.13 bits per heavy atom. The highest BCUT2D eigenvalue weighted by Gasteiger charge is 2.12. The van der Waals surface area contributed by atoms with Crippen molar-refractivity contribution in [1.29, 1.82) is 0 Å². The average Bonchev–Trinajstić information content (AvgIpc) is 3.37. The van der Waals surface area contributed by atoms with Gasteiger partial charge in [0.1, 0.15) is 5.75 Å². The first-order chi connectivity index (χ1) is 15.0. The van der Waals surface area contributed by atoms with Gasteiger partial charge in [0, 0.05) is 17.4 Å². The van der Waals surface area contributed by atoms with Gasteiger partial charge in [-0.05, 0) is 49.2 Å². The smallest absolute Gasteiger partial charge is 0.276 e. The Morgan fingerprint density at radius 3 is 2.81 bits per heavy atom. The van der Waals surface area contributed by atoms with E-state index >= 15 is 0 Å². The van der Waals surface area contributed by atoms with Crippen LogP contribution in [0.2, 0.25) is 5.02 Å². The molecule has 0 unspecified atom stereocenters. The molecule has 31 heavy (non-hydrogen) atoms. The molecule has 2 aromatic heterocycles. The van der Waals surface area contributed by atoms with Crippen LogP contribution < -0.4 is 10.1 Å². The van der Waals surface area contributed by atoms with Gasteiger partial charge in [-0.2, -0.15) is 10.2 Å². The van der Waals surface area contributed by atoms with Crippen LogP contribution in [0.4, 0.5) is 5.69 Å². The highest BCUT2D eigenvalue weighted by atomic mass is 35.5. The molecule has 0 saturated carbocycles. The maximum atomic E-state index is 12.5. The number of aromatic nitrogens is 4. The summed E-state index contributed by atoms with van der Waals surface area (Å²) in [6, 6.07) is 15.3. The SMILES string of the molecule is Cc1cccc(Cn2cc(NC(=O)c3ccn(COc4ccc(Cl)cc4C)n3)cn2)c1. The molecule has 2 aromatic carbocycles. The highest BCUT2D eigenvalue weighted by molar-refractivity contribution is 6.30. The summed E-state index contributed by atoms with van der Waals surface area (Å²) < 4.78 is 9.10. The number of anilines is 1. The molecule has 0 bridgehead atoms. The number of carbonyl (C=O) groups excluding carboxylic acids is 1. The van der Waals surface area contributed by atoms with Gasteiger partial charge in [0.25, 0.3) is 5.91 Å². The summed E-state index contributed by atoms with van der Waals surface area (Å²) in [4.78, 5) is 12.5. The fraction of sp³-hybridized carbons (Fsp3) is 0.174. The molecule has 0 saturated heterocycles. The molecular formula is C23H22ClN5O2. The number of amides is 1. The number of benzene rings is 2. The maximum Gasteiger partial charge on any atom is 0.276 e. The molecule has 0 aliphatic carbocycles. The first-order valence-corrected chi connectivity index (χ1v) is 10.2. The van der Waals surface area contributed by atoms with Crippen LogP contribution in [0.1, 0.15) is 27.2 Å². The molecule has 0 spiro atoms. The summed E-state index contributed by atoms with van der Waals surface area (Å²) >= 11 is 5.96. The zero-order chi connectivity index (χ0) is 21.8. The molecule has 0 aliphatic rings. The summed E-state index contributed by atoms with van der Waals surface area (Å²) in [7, 11) is 0. The molecule has 0 aliphatic heterocycles. The van der Waals surface area contributed by atoms with Crippen LogP contribution in [-0.4, -0.2) is 25.5 Å². The van der Waals surface area contributed by atoms with Crippen molar-refractivity contribution in [3.05, 3.63) is 94.5 Å². The number of ether oxygens (including phenoxy) is 1. The fourth-order valence-corrected chi connectivity index (χ4v) is 3.40. The Balaban J connectivity index is 1.34. The van der Waals surface area contributed by atoms with Crippen molar-refractivity contribution in [2.24, 2.45) is 0 Å². The van der Waals surface area contributed by atoms with E-state index in [9.17, 15) is 4.79 Å². The van der Waals surface area contributed by atoms with Crippen LogP contribution >= 0.6 is 11.6 Å². The second kappa shape index (κ2) is 9.06. The summed E-state index contributed by atoms with van der Waals surface area (Å²) in [5.74, 6) is 0.406. The van der Waals surface area contributed by atoms with E-state index in [4.69, 9.17) is 16.3 Å². The fourth-order valence-electron chi connectivity index (χ4n) is 3.17. The van der Waals surface area contributed by atoms with Crippen molar-refractivity contribution in [2.75, 3.05) is 5.32 Å². The van der Waals surface area contributed by atoms with E-state index in [1.54, 1.807) is 40.1 Å². The monoisotopic (exact) mass is 435 g/mol. The summed E-state index contributed by atoms with van der Waals surface area (Å²) in [5.41, 5.74) is 4.18. The van der Waals surface area contributed by atoms with Crippen LogP contribution in [0.15, 0.2) is 67.1 Å². The van der Waals surface area contributed by atoms with Gasteiger partial charge in [-0.25, -0.2) is 4.68 Å². The zero-order valence-corrected chi connectivity index (χ0v) is 18.0. The summed E-state index contributed by atoms with van der Waals surface area (Å²) in [5, 5.41) is 12.1. The highest BCUT2D eigenvalue weighted by Crippen LogP contribution is 2.22. The van der Waals surface area contributed by atoms with Crippen molar-refractivity contribution in [3.63, 3.8) is 0 Å². The predicted octanol–water partition coefficient (Wildman–Crippen LogP) is 4.69. The lowest BCUT2D eigenvalue weighted by Crippen LogP contribution is -2.14. The van der Waals surface area contributed by atoms with Crippen molar-refractivity contribution in [2.45, 2.75) is 27.1 Å². The lowest BCUT2D eigenvalue weighted by molar-refractivity contribution is 0.102. The minimum atomic E-state index is -0.309. The quantitative estimate of drug-likeness (QED) is 0.457. The van der Waals surface area contributed by atoms with Gasteiger partial charge in [-0.15, -0.1) is 0 Å². The standard InChI is InChI=1S/C23H22ClN5O2/c1-16-4-3-5-18(10-16)13-29-14-20(12-25-29)26-23(30)21-8-9-28(27-21)15-31-22-7-6-19(24)11-17(22)2/h3-12,14H,13,15H2,1-2H3,(H,26,30). The number of hydrogen-bond acceptors (Lipinski definition) is 4. The van der Waals surface area contributed by atoms with E-state index in [0.29, 0.717) is 28.7 Å². The third kappa shape index (κ3) is 5.32. The molecular weight excluding hydrogens is 414 g/mol. The van der Waals surface area contributed by atoms with E-state index in [2.05, 4.69) is 34.6 Å². The maximum absolute atomic E-state index is 12.5. The third-order valence-electron chi connectivity index (χ3n) is 4.68. The second-order valence-corrected chi connectivity index (χ2v) is 7.73. The van der Waals surface area contributed by atoms with Crippen LogP contribution in [-0.2, 0) is 13.3 Å². The van der Waals surface area contributed by atoms with E-state index in [0.717, 1.165) is 11.1 Å². The van der Waals surface area contributed by atoms with Gasteiger partial charge in [0.05, 0.1) is 18.4 Å². The first-order valence-electron chi connectivity index (χ1n) is 9.78. The van der Waals surface area contributed by atoms with Gasteiger partial charge < -0.3 is 10.1 Å². The number of hydrogen-bond donors (Lipinski definition) is 1. The summed E-state index contributed by atoms with van der Waals surface area (Å²) in [6.45, 7) is 4.79. The van der Waals surface area contributed by atoms with Crippen LogP contribution in [0, 0.1) is 13.8 Å². The van der Waals surface area contributed by atoms with E-state index in [1.165, 1.54) is 5.56 Å². The number of nitrogens with one attached hydrogen (secondary N) is 1. The van der Waals surface area contributed by atoms with Crippen molar-refractivity contribution < 1.29 is 9.53 Å². The number of halogens is 1. The van der Waals surface area contributed by atoms with Crippen molar-refractivity contribution >= 4 is 23.2 Å². The number of aryl methyl sites for hydroxylation is 2. The average molecular weight is 436 g/mol. The van der Waals surface area contributed by atoms with Crippen LogP contribution in [0.3, 0.4) is 0 Å². The van der Waals surface area contributed by atoms with E-state index in [1.807, 2.05) is 31.2 Å². The minimum absolute atomic E-state index is 0.185. The normalized spacial score (nSPS) is 10.8. The Labute approximate surface area is 185 Å². The van der Waals surface area contributed by atoms with Crippen molar-refractivity contribution in [3.8, 4) is 5.75 Å². The Morgan fingerprint density at radius 2 is 2.00 bits per heavy atom. The molecule has 158 valence electrons. The summed E-state index contributed by atoms with van der Waals surface area (Å²) in [6.07, 6.45) is 5.11. The number of carbonyl (C=O) groups is 1. The lowest BCUT2D eigenvalue weighted by Gasteiger charge is -2.09. The molecule has 7 nitrogen and oxygen atoms in total. The van der Waals surface area contributed by atoms with Gasteiger partial charge in [-0.1, -0.05) is 41.4 Å². The van der Waals surface area contributed by atoms with Crippen molar-refractivity contribution in [1.82, 2.24) is 19.6 Å². The third-order valence-corrected chi connectivity index (χ3v) is 4.92. The molecule has 2 heterocycles. The van der Waals surface area contributed by atoms with Gasteiger partial charge >= 0.3 is 0 Å². The second-order valence-electron chi connectivity index (χ2n) is 7.29.